The summed E-state index contributed by atoms with van der Waals surface area (Å²) in [6, 6.07) is 4.68. The van der Waals surface area contributed by atoms with Crippen molar-refractivity contribution in [2.24, 2.45) is 0 Å². The number of hydrogen-bond acceptors (Lipinski definition) is 4. The second-order valence-corrected chi connectivity index (χ2v) is 6.23. The van der Waals surface area contributed by atoms with Crippen molar-refractivity contribution in [2.45, 2.75) is 58.3 Å². The van der Waals surface area contributed by atoms with E-state index in [1.807, 2.05) is 0 Å². The molecular weight excluding hydrogens is 319 g/mol. The lowest BCUT2D eigenvalue weighted by Crippen LogP contribution is -1.99. The minimum Gasteiger partial charge on any atom is -0.505 e. The SMILES string of the molecule is CCCCCCCCCCOc1ccc(-c2ncc(O)cn2)c(F)c1. The van der Waals surface area contributed by atoms with Gasteiger partial charge < -0.3 is 9.84 Å². The van der Waals surface area contributed by atoms with Crippen LogP contribution in [0.4, 0.5) is 4.39 Å². The Bertz CT molecular complexity index is 632. The molecule has 0 fully saturated rings. The van der Waals surface area contributed by atoms with Gasteiger partial charge in [-0.15, -0.1) is 0 Å². The van der Waals surface area contributed by atoms with E-state index in [2.05, 4.69) is 16.9 Å². The predicted molar refractivity (Wildman–Crippen MR) is 97.2 cm³/mol. The van der Waals surface area contributed by atoms with Crippen molar-refractivity contribution in [1.82, 2.24) is 9.97 Å². The van der Waals surface area contributed by atoms with Gasteiger partial charge in [0.05, 0.1) is 24.6 Å². The van der Waals surface area contributed by atoms with E-state index in [-0.39, 0.29) is 11.6 Å². The average molecular weight is 346 g/mol. The minimum absolute atomic E-state index is 0.0468. The van der Waals surface area contributed by atoms with Gasteiger partial charge in [0, 0.05) is 6.07 Å². The zero-order valence-electron chi connectivity index (χ0n) is 14.9. The van der Waals surface area contributed by atoms with Gasteiger partial charge in [-0.25, -0.2) is 14.4 Å². The first-order chi connectivity index (χ1) is 12.2. The molecule has 5 heteroatoms. The molecule has 25 heavy (non-hydrogen) atoms. The molecule has 0 amide bonds. The van der Waals surface area contributed by atoms with Crippen LogP contribution in [0.2, 0.25) is 0 Å². The summed E-state index contributed by atoms with van der Waals surface area (Å²) in [6.07, 6.45) is 12.4. The molecule has 2 rings (SSSR count). The molecule has 0 saturated heterocycles. The van der Waals surface area contributed by atoms with Crippen molar-refractivity contribution < 1.29 is 14.2 Å². The monoisotopic (exact) mass is 346 g/mol. The van der Waals surface area contributed by atoms with Gasteiger partial charge >= 0.3 is 0 Å². The van der Waals surface area contributed by atoms with Gasteiger partial charge in [-0.1, -0.05) is 51.9 Å². The third kappa shape index (κ3) is 6.69. The highest BCUT2D eigenvalue weighted by Gasteiger charge is 2.09. The summed E-state index contributed by atoms with van der Waals surface area (Å²) in [4.78, 5) is 7.84. The van der Waals surface area contributed by atoms with Crippen LogP contribution >= 0.6 is 0 Å². The van der Waals surface area contributed by atoms with E-state index in [1.165, 1.54) is 57.0 Å². The van der Waals surface area contributed by atoms with E-state index in [4.69, 9.17) is 4.74 Å². The van der Waals surface area contributed by atoms with Crippen LogP contribution in [-0.2, 0) is 0 Å². The molecule has 0 radical (unpaired) electrons. The first-order valence-electron chi connectivity index (χ1n) is 9.14. The van der Waals surface area contributed by atoms with E-state index in [1.54, 1.807) is 12.1 Å². The Morgan fingerprint density at radius 2 is 1.60 bits per heavy atom. The van der Waals surface area contributed by atoms with Crippen molar-refractivity contribution in [3.8, 4) is 22.9 Å². The smallest absolute Gasteiger partial charge is 0.162 e. The van der Waals surface area contributed by atoms with Crippen LogP contribution in [0, 0.1) is 5.82 Å². The number of aromatic hydroxyl groups is 1. The summed E-state index contributed by atoms with van der Waals surface area (Å²) in [5.74, 6) is 0.279. The molecule has 1 aromatic heterocycles. The summed E-state index contributed by atoms with van der Waals surface area (Å²) < 4.78 is 19.8. The Labute approximate surface area is 149 Å². The van der Waals surface area contributed by atoms with Crippen molar-refractivity contribution in [3.63, 3.8) is 0 Å². The van der Waals surface area contributed by atoms with Gasteiger partial charge in [-0.3, -0.25) is 0 Å². The fraction of sp³-hybridized carbons (Fsp3) is 0.500. The van der Waals surface area contributed by atoms with E-state index in [0.29, 0.717) is 17.9 Å². The molecule has 0 spiro atoms. The first-order valence-corrected chi connectivity index (χ1v) is 9.14. The van der Waals surface area contributed by atoms with Gasteiger partial charge in [0.25, 0.3) is 0 Å². The average Bonchev–Trinajstić information content (AvgIpc) is 2.61. The summed E-state index contributed by atoms with van der Waals surface area (Å²) in [5.41, 5.74) is 0.291. The van der Waals surface area contributed by atoms with E-state index < -0.39 is 5.82 Å². The van der Waals surface area contributed by atoms with Gasteiger partial charge in [0.1, 0.15) is 11.6 Å². The lowest BCUT2D eigenvalue weighted by atomic mass is 10.1. The summed E-state index contributed by atoms with van der Waals surface area (Å²) >= 11 is 0. The highest BCUT2D eigenvalue weighted by Crippen LogP contribution is 2.24. The van der Waals surface area contributed by atoms with E-state index >= 15 is 0 Å². The molecule has 0 aliphatic carbocycles. The van der Waals surface area contributed by atoms with Crippen LogP contribution in [0.15, 0.2) is 30.6 Å². The van der Waals surface area contributed by atoms with E-state index in [9.17, 15) is 9.50 Å². The largest absolute Gasteiger partial charge is 0.505 e. The molecule has 4 nitrogen and oxygen atoms in total. The molecule has 0 atom stereocenters. The quantitative estimate of drug-likeness (QED) is 0.545. The molecule has 1 N–H and O–H groups in total. The maximum absolute atomic E-state index is 14.2. The van der Waals surface area contributed by atoms with Crippen LogP contribution in [0.1, 0.15) is 58.3 Å². The van der Waals surface area contributed by atoms with Gasteiger partial charge in [0.15, 0.2) is 11.6 Å². The molecule has 0 aliphatic rings. The normalized spacial score (nSPS) is 10.8. The molecular formula is C20H27FN2O2. The van der Waals surface area contributed by atoms with Crippen LogP contribution in [-0.4, -0.2) is 21.7 Å². The highest BCUT2D eigenvalue weighted by molar-refractivity contribution is 5.57. The Morgan fingerprint density at radius 1 is 0.960 bits per heavy atom. The third-order valence-electron chi connectivity index (χ3n) is 4.09. The summed E-state index contributed by atoms with van der Waals surface area (Å²) in [7, 11) is 0. The number of aromatic nitrogens is 2. The topological polar surface area (TPSA) is 55.2 Å². The van der Waals surface area contributed by atoms with Crippen molar-refractivity contribution >= 4 is 0 Å². The van der Waals surface area contributed by atoms with Crippen LogP contribution < -0.4 is 4.74 Å². The molecule has 136 valence electrons. The van der Waals surface area contributed by atoms with Crippen LogP contribution in [0.3, 0.4) is 0 Å². The fourth-order valence-corrected chi connectivity index (χ4v) is 2.65. The molecule has 1 heterocycles. The predicted octanol–water partition coefficient (Wildman–Crippen LogP) is 5.51. The Hall–Kier alpha value is -2.17. The van der Waals surface area contributed by atoms with Crippen LogP contribution in [0.25, 0.3) is 11.4 Å². The summed E-state index contributed by atoms with van der Waals surface area (Å²) in [6.45, 7) is 2.83. The zero-order chi connectivity index (χ0) is 17.9. The molecule has 0 unspecified atom stereocenters. The highest BCUT2D eigenvalue weighted by atomic mass is 19.1. The molecule has 1 aromatic carbocycles. The first kappa shape index (κ1) is 19.2. The zero-order valence-corrected chi connectivity index (χ0v) is 14.9. The van der Waals surface area contributed by atoms with Crippen LogP contribution in [0.5, 0.6) is 11.5 Å². The Balaban J connectivity index is 1.71. The minimum atomic E-state index is -0.431. The van der Waals surface area contributed by atoms with E-state index in [0.717, 1.165) is 12.8 Å². The molecule has 0 saturated carbocycles. The number of nitrogens with zero attached hydrogens (tertiary/aromatic N) is 2. The van der Waals surface area contributed by atoms with Crippen molar-refractivity contribution in [2.75, 3.05) is 6.61 Å². The Kier molecular flexibility index (Phi) is 8.16. The lowest BCUT2D eigenvalue weighted by Gasteiger charge is -2.08. The van der Waals surface area contributed by atoms with Gasteiger partial charge in [-0.2, -0.15) is 0 Å². The van der Waals surface area contributed by atoms with Gasteiger partial charge in [-0.05, 0) is 18.6 Å². The number of benzene rings is 1. The number of rotatable bonds is 11. The van der Waals surface area contributed by atoms with Gasteiger partial charge in [0.2, 0.25) is 0 Å². The second kappa shape index (κ2) is 10.6. The second-order valence-electron chi connectivity index (χ2n) is 6.23. The Morgan fingerprint density at radius 3 is 2.24 bits per heavy atom. The lowest BCUT2D eigenvalue weighted by molar-refractivity contribution is 0.303. The third-order valence-corrected chi connectivity index (χ3v) is 4.09. The number of hydrogen-bond donors (Lipinski definition) is 1. The summed E-state index contributed by atoms with van der Waals surface area (Å²) in [5, 5.41) is 9.19. The van der Waals surface area contributed by atoms with Crippen molar-refractivity contribution in [3.05, 3.63) is 36.4 Å². The number of ether oxygens (including phenoxy) is 1. The fourth-order valence-electron chi connectivity index (χ4n) is 2.65. The molecule has 2 aromatic rings. The number of unbranched alkanes of at least 4 members (excludes halogenated alkanes) is 7. The number of halogens is 1. The van der Waals surface area contributed by atoms with Crippen molar-refractivity contribution in [1.29, 1.82) is 0 Å². The maximum Gasteiger partial charge on any atom is 0.162 e. The maximum atomic E-state index is 14.2. The molecule has 0 aliphatic heterocycles. The molecule has 0 bridgehead atoms. The standard InChI is InChI=1S/C20H27FN2O2/c1-2-3-4-5-6-7-8-9-12-25-17-10-11-18(19(21)13-17)20-22-14-16(24)15-23-20/h10-11,13-15,24H,2-9,12H2,1H3.